The maximum Gasteiger partial charge on any atom is 0.254 e. The molecule has 1 fully saturated rings. The number of hydrogen-bond donors (Lipinski definition) is 1. The van der Waals surface area contributed by atoms with E-state index < -0.39 is 0 Å². The van der Waals surface area contributed by atoms with Gasteiger partial charge in [-0.15, -0.1) is 0 Å². The van der Waals surface area contributed by atoms with Crippen LogP contribution in [0.4, 0.5) is 0 Å². The van der Waals surface area contributed by atoms with Gasteiger partial charge in [0.05, 0.1) is 23.9 Å². The Morgan fingerprint density at radius 3 is 2.95 bits per heavy atom. The number of likely N-dealkylation sites (tertiary alicyclic amines) is 1. The number of carbonyl (C=O) groups excluding carboxylic acids is 1. The fourth-order valence-electron chi connectivity index (χ4n) is 2.74. The second-order valence-electron chi connectivity index (χ2n) is 5.18. The Kier molecular flexibility index (Phi) is 3.66. The van der Waals surface area contributed by atoms with Gasteiger partial charge in [0.25, 0.3) is 5.91 Å². The second-order valence-corrected chi connectivity index (χ2v) is 5.18. The van der Waals surface area contributed by atoms with Crippen LogP contribution < -0.4 is 0 Å². The first-order valence-electron chi connectivity index (χ1n) is 6.79. The van der Waals surface area contributed by atoms with E-state index in [1.807, 2.05) is 6.92 Å². The van der Waals surface area contributed by atoms with Gasteiger partial charge in [0.2, 0.25) is 0 Å². The number of pyridine rings is 1. The molecule has 2 aromatic heterocycles. The van der Waals surface area contributed by atoms with Crippen LogP contribution in [0, 0.1) is 6.92 Å². The van der Waals surface area contributed by atoms with Crippen molar-refractivity contribution in [2.45, 2.75) is 18.9 Å². The van der Waals surface area contributed by atoms with Crippen molar-refractivity contribution in [3.8, 4) is 0 Å². The van der Waals surface area contributed by atoms with Crippen LogP contribution >= 0.6 is 0 Å². The van der Waals surface area contributed by atoms with Gasteiger partial charge in [-0.2, -0.15) is 15.4 Å². The number of aromatic amines is 1. The van der Waals surface area contributed by atoms with Crippen LogP contribution in [-0.2, 0) is 4.74 Å². The van der Waals surface area contributed by atoms with Crippen LogP contribution in [0.3, 0.4) is 0 Å². The van der Waals surface area contributed by atoms with Crippen LogP contribution in [0.25, 0.3) is 0 Å². The summed E-state index contributed by atoms with van der Waals surface area (Å²) in [5.74, 6) is 0.0442. The van der Waals surface area contributed by atoms with Crippen molar-refractivity contribution in [2.24, 2.45) is 0 Å². The quantitative estimate of drug-likeness (QED) is 0.901. The lowest BCUT2D eigenvalue weighted by atomic mass is 10.0. The predicted octanol–water partition coefficient (Wildman–Crippen LogP) is 0.763. The lowest BCUT2D eigenvalue weighted by molar-refractivity contribution is 0.0713. The standard InChI is InChI=1S/C14H17N5O2/c1-9-5-15-4-3-10(9)14(20)19-7-11(13(8-19)21-2)12-6-16-18-17-12/h3-6,11,13H,7-8H2,1-2H3,(H,16,17,18)/t11-,13+/m0/s1. The number of ether oxygens (including phenoxy) is 1. The molecule has 0 aliphatic carbocycles. The Bertz CT molecular complexity index is 628. The molecule has 2 atom stereocenters. The molecule has 21 heavy (non-hydrogen) atoms. The van der Waals surface area contributed by atoms with Gasteiger partial charge in [0.15, 0.2) is 0 Å². The minimum absolute atomic E-state index is 0.00273. The zero-order valence-corrected chi connectivity index (χ0v) is 12.0. The lowest BCUT2D eigenvalue weighted by Crippen LogP contribution is -2.30. The fourth-order valence-corrected chi connectivity index (χ4v) is 2.74. The average molecular weight is 287 g/mol. The summed E-state index contributed by atoms with van der Waals surface area (Å²) in [6, 6.07) is 1.75. The summed E-state index contributed by atoms with van der Waals surface area (Å²) in [5.41, 5.74) is 2.38. The summed E-state index contributed by atoms with van der Waals surface area (Å²) < 4.78 is 5.51. The molecule has 0 radical (unpaired) electrons. The first kappa shape index (κ1) is 13.7. The van der Waals surface area contributed by atoms with Crippen molar-refractivity contribution < 1.29 is 9.53 Å². The molecular weight excluding hydrogens is 270 g/mol. The third-order valence-electron chi connectivity index (χ3n) is 3.92. The molecule has 0 bridgehead atoms. The summed E-state index contributed by atoms with van der Waals surface area (Å²) in [6.07, 6.45) is 4.95. The number of aromatic nitrogens is 4. The molecule has 3 rings (SSSR count). The van der Waals surface area contributed by atoms with Crippen LogP contribution in [0.5, 0.6) is 0 Å². The van der Waals surface area contributed by atoms with Gasteiger partial charge in [0.1, 0.15) is 0 Å². The van der Waals surface area contributed by atoms with E-state index >= 15 is 0 Å². The highest BCUT2D eigenvalue weighted by Crippen LogP contribution is 2.29. The van der Waals surface area contributed by atoms with Crippen molar-refractivity contribution in [3.63, 3.8) is 0 Å². The summed E-state index contributed by atoms with van der Waals surface area (Å²) in [5, 5.41) is 10.6. The van der Waals surface area contributed by atoms with E-state index in [1.165, 1.54) is 0 Å². The molecule has 1 aliphatic heterocycles. The Morgan fingerprint density at radius 1 is 1.43 bits per heavy atom. The van der Waals surface area contributed by atoms with Crippen molar-refractivity contribution in [2.75, 3.05) is 20.2 Å². The molecule has 0 unspecified atom stereocenters. The number of aryl methyl sites for hydroxylation is 1. The van der Waals surface area contributed by atoms with Crippen LogP contribution in [0.2, 0.25) is 0 Å². The number of rotatable bonds is 3. The van der Waals surface area contributed by atoms with E-state index in [9.17, 15) is 4.79 Å². The first-order valence-corrected chi connectivity index (χ1v) is 6.79. The highest BCUT2D eigenvalue weighted by molar-refractivity contribution is 5.95. The largest absolute Gasteiger partial charge is 0.379 e. The molecule has 110 valence electrons. The summed E-state index contributed by atoms with van der Waals surface area (Å²) in [4.78, 5) is 18.5. The number of carbonyl (C=O) groups is 1. The molecule has 7 heteroatoms. The first-order chi connectivity index (χ1) is 10.2. The van der Waals surface area contributed by atoms with Gasteiger partial charge in [-0.1, -0.05) is 0 Å². The number of nitrogens with zero attached hydrogens (tertiary/aromatic N) is 4. The molecule has 1 amide bonds. The minimum Gasteiger partial charge on any atom is -0.379 e. The number of H-pyrrole nitrogens is 1. The number of hydrogen-bond acceptors (Lipinski definition) is 5. The van der Waals surface area contributed by atoms with E-state index in [2.05, 4.69) is 20.4 Å². The van der Waals surface area contributed by atoms with Gasteiger partial charge in [0, 0.05) is 38.2 Å². The van der Waals surface area contributed by atoms with Gasteiger partial charge < -0.3 is 9.64 Å². The van der Waals surface area contributed by atoms with Gasteiger partial charge in [-0.05, 0) is 18.6 Å². The SMILES string of the molecule is CO[C@@H]1CN(C(=O)c2ccncc2C)C[C@H]1c1cn[nH]n1. The minimum atomic E-state index is -0.0683. The number of methoxy groups -OCH3 is 1. The summed E-state index contributed by atoms with van der Waals surface area (Å²) in [6.45, 7) is 3.01. The van der Waals surface area contributed by atoms with Crippen molar-refractivity contribution in [1.29, 1.82) is 0 Å². The van der Waals surface area contributed by atoms with Crippen molar-refractivity contribution in [3.05, 3.63) is 41.5 Å². The lowest BCUT2D eigenvalue weighted by Gasteiger charge is -2.17. The van der Waals surface area contributed by atoms with E-state index in [-0.39, 0.29) is 17.9 Å². The van der Waals surface area contributed by atoms with Crippen LogP contribution in [0.15, 0.2) is 24.7 Å². The van der Waals surface area contributed by atoms with Crippen LogP contribution in [0.1, 0.15) is 27.5 Å². The third-order valence-corrected chi connectivity index (χ3v) is 3.92. The molecule has 1 saturated heterocycles. The average Bonchev–Trinajstić information content (AvgIpc) is 3.15. The van der Waals surface area contributed by atoms with E-state index in [0.717, 1.165) is 11.3 Å². The number of amides is 1. The van der Waals surface area contributed by atoms with Gasteiger partial charge in [-0.25, -0.2) is 0 Å². The molecule has 7 nitrogen and oxygen atoms in total. The third kappa shape index (κ3) is 2.52. The van der Waals surface area contributed by atoms with E-state index in [0.29, 0.717) is 18.7 Å². The summed E-state index contributed by atoms with van der Waals surface area (Å²) in [7, 11) is 1.66. The highest BCUT2D eigenvalue weighted by atomic mass is 16.5. The fraction of sp³-hybridized carbons (Fsp3) is 0.429. The molecular formula is C14H17N5O2. The second kappa shape index (κ2) is 5.61. The Morgan fingerprint density at radius 2 is 2.29 bits per heavy atom. The maximum atomic E-state index is 12.6. The zero-order chi connectivity index (χ0) is 14.8. The topological polar surface area (TPSA) is 84.0 Å². The van der Waals surface area contributed by atoms with Gasteiger partial charge >= 0.3 is 0 Å². The Labute approximate surface area is 122 Å². The Balaban J connectivity index is 1.82. The van der Waals surface area contributed by atoms with E-state index in [1.54, 1.807) is 36.7 Å². The van der Waals surface area contributed by atoms with Gasteiger partial charge in [-0.3, -0.25) is 9.78 Å². The highest BCUT2D eigenvalue weighted by Gasteiger charge is 2.38. The zero-order valence-electron chi connectivity index (χ0n) is 12.0. The summed E-state index contributed by atoms with van der Waals surface area (Å²) >= 11 is 0. The van der Waals surface area contributed by atoms with Crippen molar-refractivity contribution >= 4 is 5.91 Å². The van der Waals surface area contributed by atoms with Crippen molar-refractivity contribution in [1.82, 2.24) is 25.3 Å². The molecule has 1 aliphatic rings. The van der Waals surface area contributed by atoms with E-state index in [4.69, 9.17) is 4.74 Å². The molecule has 2 aromatic rings. The van der Waals surface area contributed by atoms with Crippen LogP contribution in [-0.4, -0.2) is 57.5 Å². The monoisotopic (exact) mass is 287 g/mol. The normalized spacial score (nSPS) is 21.7. The molecule has 0 spiro atoms. The Hall–Kier alpha value is -2.28. The maximum absolute atomic E-state index is 12.6. The smallest absolute Gasteiger partial charge is 0.254 e. The predicted molar refractivity (Wildman–Crippen MR) is 74.8 cm³/mol. The molecule has 3 heterocycles. The molecule has 0 saturated carbocycles. The number of nitrogens with one attached hydrogen (secondary N) is 1. The molecule has 0 aromatic carbocycles. The molecule has 1 N–H and O–H groups in total.